The molecule has 1 aliphatic heterocycles. The predicted molar refractivity (Wildman–Crippen MR) is 85.4 cm³/mol. The molecular formula is C19H17NO3. The molecule has 1 amide bonds. The summed E-state index contributed by atoms with van der Waals surface area (Å²) >= 11 is 0. The molecule has 2 aliphatic rings. The third-order valence-electron chi connectivity index (χ3n) is 4.78. The van der Waals surface area contributed by atoms with Crippen molar-refractivity contribution < 1.29 is 14.7 Å². The number of aliphatic carboxylic acids is 1. The van der Waals surface area contributed by atoms with Crippen LogP contribution in [0.15, 0.2) is 48.5 Å². The summed E-state index contributed by atoms with van der Waals surface area (Å²) in [5.41, 5.74) is 4.53. The van der Waals surface area contributed by atoms with Gasteiger partial charge in [-0.15, -0.1) is 0 Å². The molecule has 1 heterocycles. The van der Waals surface area contributed by atoms with Gasteiger partial charge in [-0.3, -0.25) is 9.59 Å². The zero-order valence-corrected chi connectivity index (χ0v) is 12.6. The summed E-state index contributed by atoms with van der Waals surface area (Å²) in [6.45, 7) is 1.07. The Labute approximate surface area is 134 Å². The van der Waals surface area contributed by atoms with Gasteiger partial charge in [0.1, 0.15) is 0 Å². The van der Waals surface area contributed by atoms with Crippen LogP contribution in [-0.2, 0) is 22.7 Å². The molecule has 4 rings (SSSR count). The number of benzene rings is 2. The van der Waals surface area contributed by atoms with Gasteiger partial charge in [0.25, 0.3) is 0 Å². The molecular weight excluding hydrogens is 290 g/mol. The van der Waals surface area contributed by atoms with Crippen LogP contribution in [0.2, 0.25) is 0 Å². The molecule has 0 bridgehead atoms. The average molecular weight is 307 g/mol. The fraction of sp³-hybridized carbons (Fsp3) is 0.263. The van der Waals surface area contributed by atoms with E-state index in [4.69, 9.17) is 5.11 Å². The Morgan fingerprint density at radius 3 is 1.87 bits per heavy atom. The van der Waals surface area contributed by atoms with E-state index in [2.05, 4.69) is 12.1 Å². The Morgan fingerprint density at radius 1 is 0.870 bits per heavy atom. The third kappa shape index (κ3) is 2.40. The molecule has 2 aromatic carbocycles. The minimum atomic E-state index is -0.862. The number of carboxylic acid groups (broad SMARTS) is 1. The smallest absolute Gasteiger partial charge is 0.307 e. The van der Waals surface area contributed by atoms with Gasteiger partial charge in [-0.2, -0.15) is 0 Å². The van der Waals surface area contributed by atoms with Crippen molar-refractivity contribution >= 4 is 11.9 Å². The van der Waals surface area contributed by atoms with Crippen LogP contribution in [0.5, 0.6) is 0 Å². The molecule has 0 saturated heterocycles. The number of amides is 1. The van der Waals surface area contributed by atoms with Gasteiger partial charge in [0, 0.05) is 13.1 Å². The van der Waals surface area contributed by atoms with Crippen LogP contribution < -0.4 is 0 Å². The van der Waals surface area contributed by atoms with Crippen LogP contribution in [0.1, 0.15) is 17.5 Å². The van der Waals surface area contributed by atoms with Crippen LogP contribution in [0.25, 0.3) is 11.1 Å². The molecule has 0 spiro atoms. The molecule has 4 nitrogen and oxygen atoms in total. The van der Waals surface area contributed by atoms with E-state index in [-0.39, 0.29) is 11.8 Å². The first kappa shape index (κ1) is 14.0. The number of hydrogen-bond acceptors (Lipinski definition) is 2. The SMILES string of the molecule is O=C(O)[C@H]1C[C@@H]1C(=O)N1Cc2ccccc2-c2ccccc2C1. The summed E-state index contributed by atoms with van der Waals surface area (Å²) in [6, 6.07) is 16.2. The van der Waals surface area contributed by atoms with Crippen molar-refractivity contribution in [2.24, 2.45) is 11.8 Å². The summed E-state index contributed by atoms with van der Waals surface area (Å²) in [5.74, 6) is -1.76. The van der Waals surface area contributed by atoms with E-state index in [1.807, 2.05) is 36.4 Å². The number of carboxylic acids is 1. The number of hydrogen-bond donors (Lipinski definition) is 1. The fourth-order valence-electron chi connectivity index (χ4n) is 3.44. The van der Waals surface area contributed by atoms with E-state index in [1.54, 1.807) is 4.90 Å². The standard InChI is InChI=1S/C19H17NO3/c21-18(16-9-17(16)19(22)23)20-10-12-5-1-3-7-14(12)15-8-4-2-6-13(15)11-20/h1-8,16-17H,9-11H2,(H,22,23)/t16-,17-/m0/s1. The van der Waals surface area contributed by atoms with Crippen molar-refractivity contribution in [1.29, 1.82) is 0 Å². The molecule has 0 aromatic heterocycles. The number of carbonyl (C=O) groups excluding carboxylic acids is 1. The minimum Gasteiger partial charge on any atom is -0.481 e. The van der Waals surface area contributed by atoms with Crippen LogP contribution in [-0.4, -0.2) is 21.9 Å². The monoisotopic (exact) mass is 307 g/mol. The van der Waals surface area contributed by atoms with Crippen molar-refractivity contribution in [1.82, 2.24) is 4.90 Å². The minimum absolute atomic E-state index is 0.0380. The van der Waals surface area contributed by atoms with Gasteiger partial charge in [-0.1, -0.05) is 48.5 Å². The number of nitrogens with zero attached hydrogens (tertiary/aromatic N) is 1. The number of rotatable bonds is 2. The lowest BCUT2D eigenvalue weighted by Crippen LogP contribution is -2.31. The molecule has 2 aromatic rings. The fourth-order valence-corrected chi connectivity index (χ4v) is 3.44. The lowest BCUT2D eigenvalue weighted by Gasteiger charge is -2.21. The Bertz CT molecular complexity index is 751. The highest BCUT2D eigenvalue weighted by atomic mass is 16.4. The maximum absolute atomic E-state index is 12.7. The molecule has 2 atom stereocenters. The van der Waals surface area contributed by atoms with Crippen molar-refractivity contribution in [2.45, 2.75) is 19.5 Å². The van der Waals surface area contributed by atoms with E-state index in [9.17, 15) is 9.59 Å². The van der Waals surface area contributed by atoms with E-state index >= 15 is 0 Å². The maximum Gasteiger partial charge on any atom is 0.307 e. The predicted octanol–water partition coefficient (Wildman–Crippen LogP) is 2.92. The van der Waals surface area contributed by atoms with Crippen molar-refractivity contribution in [3.05, 3.63) is 59.7 Å². The normalized spacial score (nSPS) is 21.8. The van der Waals surface area contributed by atoms with Crippen LogP contribution in [0.4, 0.5) is 0 Å². The number of carbonyl (C=O) groups is 2. The summed E-state index contributed by atoms with van der Waals surface area (Å²) in [6.07, 6.45) is 0.466. The first-order valence-electron chi connectivity index (χ1n) is 7.83. The highest BCUT2D eigenvalue weighted by Gasteiger charge is 2.50. The summed E-state index contributed by atoms with van der Waals surface area (Å²) in [5, 5.41) is 9.07. The van der Waals surface area contributed by atoms with Gasteiger partial charge in [-0.05, 0) is 28.7 Å². The van der Waals surface area contributed by atoms with Gasteiger partial charge in [-0.25, -0.2) is 0 Å². The summed E-state index contributed by atoms with van der Waals surface area (Å²) in [7, 11) is 0. The zero-order chi connectivity index (χ0) is 16.0. The van der Waals surface area contributed by atoms with E-state index < -0.39 is 11.9 Å². The average Bonchev–Trinajstić information content (AvgIpc) is 3.36. The first-order chi connectivity index (χ1) is 11.1. The second-order valence-corrected chi connectivity index (χ2v) is 6.30. The topological polar surface area (TPSA) is 57.6 Å². The quantitative estimate of drug-likeness (QED) is 0.928. The molecule has 0 unspecified atom stereocenters. The van der Waals surface area contributed by atoms with Gasteiger partial charge >= 0.3 is 5.97 Å². The Hall–Kier alpha value is -2.62. The van der Waals surface area contributed by atoms with Crippen LogP contribution in [0, 0.1) is 11.8 Å². The van der Waals surface area contributed by atoms with Gasteiger partial charge in [0.2, 0.25) is 5.91 Å². The van der Waals surface area contributed by atoms with Crippen molar-refractivity contribution in [2.75, 3.05) is 0 Å². The van der Waals surface area contributed by atoms with Crippen LogP contribution >= 0.6 is 0 Å². The third-order valence-corrected chi connectivity index (χ3v) is 4.78. The highest BCUT2D eigenvalue weighted by molar-refractivity contribution is 5.90. The molecule has 1 aliphatic carbocycles. The summed E-state index contributed by atoms with van der Waals surface area (Å²) < 4.78 is 0. The van der Waals surface area contributed by atoms with Gasteiger partial charge in [0.15, 0.2) is 0 Å². The highest BCUT2D eigenvalue weighted by Crippen LogP contribution is 2.42. The van der Waals surface area contributed by atoms with E-state index in [1.165, 1.54) is 0 Å². The van der Waals surface area contributed by atoms with E-state index in [0.29, 0.717) is 19.5 Å². The Morgan fingerprint density at radius 2 is 1.39 bits per heavy atom. The van der Waals surface area contributed by atoms with Crippen molar-refractivity contribution in [3.8, 4) is 11.1 Å². The van der Waals surface area contributed by atoms with Gasteiger partial charge < -0.3 is 10.0 Å². The second-order valence-electron chi connectivity index (χ2n) is 6.30. The molecule has 0 radical (unpaired) electrons. The lowest BCUT2D eigenvalue weighted by atomic mass is 9.97. The number of fused-ring (bicyclic) bond motifs is 3. The lowest BCUT2D eigenvalue weighted by molar-refractivity contribution is -0.142. The zero-order valence-electron chi connectivity index (χ0n) is 12.6. The molecule has 1 fully saturated rings. The Kier molecular flexibility index (Phi) is 3.18. The molecule has 1 N–H and O–H groups in total. The molecule has 23 heavy (non-hydrogen) atoms. The summed E-state index contributed by atoms with van der Waals surface area (Å²) in [4.78, 5) is 25.6. The molecule has 1 saturated carbocycles. The Balaban J connectivity index is 1.70. The maximum atomic E-state index is 12.7. The molecule has 116 valence electrons. The van der Waals surface area contributed by atoms with Crippen LogP contribution in [0.3, 0.4) is 0 Å². The first-order valence-corrected chi connectivity index (χ1v) is 7.83. The second kappa shape index (κ2) is 5.23. The van der Waals surface area contributed by atoms with Crippen molar-refractivity contribution in [3.63, 3.8) is 0 Å². The largest absolute Gasteiger partial charge is 0.481 e. The van der Waals surface area contributed by atoms with Gasteiger partial charge in [0.05, 0.1) is 11.8 Å². The van der Waals surface area contributed by atoms with E-state index in [0.717, 1.165) is 22.3 Å². The molecule has 4 heteroatoms.